The molecule has 0 saturated heterocycles. The molecule has 3 N–H and O–H groups in total. The SMILES string of the molecule is COc1c(Nc2cc(Nc3cccc(C#N)n3)nc3[nH]c(C(F)F)nc23)cccc1-c1ccn(C)n1. The number of methoxy groups -OCH3 is 1. The number of rotatable bonds is 7. The summed E-state index contributed by atoms with van der Waals surface area (Å²) in [5, 5.41) is 19.8. The van der Waals surface area contributed by atoms with Gasteiger partial charge < -0.3 is 20.4 Å². The maximum atomic E-state index is 13.4. The van der Waals surface area contributed by atoms with Gasteiger partial charge >= 0.3 is 0 Å². The van der Waals surface area contributed by atoms with Crippen LogP contribution < -0.4 is 15.4 Å². The smallest absolute Gasteiger partial charge is 0.295 e. The van der Waals surface area contributed by atoms with Gasteiger partial charge in [-0.25, -0.2) is 23.7 Å². The number of hydrogen-bond donors (Lipinski definition) is 3. The number of benzene rings is 1. The van der Waals surface area contributed by atoms with E-state index in [1.807, 2.05) is 37.5 Å². The number of aromatic nitrogens is 6. The van der Waals surface area contributed by atoms with Crippen LogP contribution in [0, 0.1) is 11.3 Å². The van der Waals surface area contributed by atoms with E-state index in [2.05, 4.69) is 35.7 Å². The number of fused-ring (bicyclic) bond motifs is 1. The van der Waals surface area contributed by atoms with Gasteiger partial charge in [0.05, 0.1) is 24.2 Å². The number of ether oxygens (including phenoxy) is 1. The first kappa shape index (κ1) is 22.7. The average molecular weight is 487 g/mol. The number of hydrogen-bond acceptors (Lipinski definition) is 8. The van der Waals surface area contributed by atoms with Gasteiger partial charge in [-0.1, -0.05) is 12.1 Å². The van der Waals surface area contributed by atoms with Crippen LogP contribution in [-0.2, 0) is 7.05 Å². The van der Waals surface area contributed by atoms with Crippen molar-refractivity contribution in [2.24, 2.45) is 7.05 Å². The lowest BCUT2D eigenvalue weighted by Gasteiger charge is -2.15. The van der Waals surface area contributed by atoms with E-state index in [9.17, 15) is 8.78 Å². The van der Waals surface area contributed by atoms with Gasteiger partial charge in [-0.15, -0.1) is 0 Å². The predicted octanol–water partition coefficient (Wildman–Crippen LogP) is 5.06. The first-order valence-corrected chi connectivity index (χ1v) is 10.7. The number of aryl methyl sites for hydroxylation is 1. The minimum atomic E-state index is -2.81. The Labute approximate surface area is 203 Å². The summed E-state index contributed by atoms with van der Waals surface area (Å²) < 4.78 is 34.2. The van der Waals surface area contributed by atoms with Crippen LogP contribution in [0.5, 0.6) is 5.75 Å². The van der Waals surface area contributed by atoms with Crippen LogP contribution in [0.4, 0.5) is 31.8 Å². The van der Waals surface area contributed by atoms with E-state index >= 15 is 0 Å². The van der Waals surface area contributed by atoms with Gasteiger partial charge in [0.15, 0.2) is 17.2 Å². The van der Waals surface area contributed by atoms with E-state index in [1.54, 1.807) is 42.1 Å². The van der Waals surface area contributed by atoms with Crippen LogP contribution in [0.15, 0.2) is 54.7 Å². The molecule has 1 aromatic carbocycles. The molecule has 5 rings (SSSR count). The Kier molecular flexibility index (Phi) is 5.87. The molecule has 0 aliphatic carbocycles. The first-order chi connectivity index (χ1) is 17.4. The third kappa shape index (κ3) is 4.37. The van der Waals surface area contributed by atoms with E-state index in [1.165, 1.54) is 0 Å². The quantitative estimate of drug-likeness (QED) is 0.291. The second-order valence-electron chi connectivity index (χ2n) is 7.71. The van der Waals surface area contributed by atoms with Crippen LogP contribution in [0.25, 0.3) is 22.4 Å². The summed E-state index contributed by atoms with van der Waals surface area (Å²) in [5.74, 6) is 0.687. The van der Waals surface area contributed by atoms with Crippen LogP contribution in [-0.4, -0.2) is 36.8 Å². The van der Waals surface area contributed by atoms with Crippen molar-refractivity contribution < 1.29 is 13.5 Å². The number of alkyl halides is 2. The molecule has 0 bridgehead atoms. The van der Waals surface area contributed by atoms with Crippen molar-refractivity contribution in [1.82, 2.24) is 29.7 Å². The molecule has 0 fully saturated rings. The molecule has 0 aliphatic heterocycles. The number of nitrogens with one attached hydrogen (secondary N) is 3. The maximum absolute atomic E-state index is 13.4. The summed E-state index contributed by atoms with van der Waals surface area (Å²) in [6.07, 6.45) is -0.982. The van der Waals surface area contributed by atoms with Crippen LogP contribution in [0.2, 0.25) is 0 Å². The van der Waals surface area contributed by atoms with Crippen molar-refractivity contribution in [2.45, 2.75) is 6.43 Å². The van der Waals surface area contributed by atoms with Crippen molar-refractivity contribution in [1.29, 1.82) is 5.26 Å². The average Bonchev–Trinajstić information content (AvgIpc) is 3.50. The number of anilines is 4. The Balaban J connectivity index is 1.60. The molecule has 0 spiro atoms. The van der Waals surface area contributed by atoms with Gasteiger partial charge in [0.2, 0.25) is 0 Å². The molecule has 10 nitrogen and oxygen atoms in total. The zero-order valence-electron chi connectivity index (χ0n) is 19.1. The number of nitriles is 1. The van der Waals surface area contributed by atoms with Crippen LogP contribution >= 0.6 is 0 Å². The van der Waals surface area contributed by atoms with Gasteiger partial charge in [0.25, 0.3) is 6.43 Å². The fourth-order valence-corrected chi connectivity index (χ4v) is 3.73. The highest BCUT2D eigenvalue weighted by Gasteiger charge is 2.19. The largest absolute Gasteiger partial charge is 0.494 e. The lowest BCUT2D eigenvalue weighted by atomic mass is 10.1. The third-order valence-corrected chi connectivity index (χ3v) is 5.28. The molecule has 0 atom stereocenters. The summed E-state index contributed by atoms with van der Waals surface area (Å²) in [6, 6.07) is 15.9. The first-order valence-electron chi connectivity index (χ1n) is 10.7. The van der Waals surface area contributed by atoms with E-state index in [-0.39, 0.29) is 16.9 Å². The normalized spacial score (nSPS) is 11.0. The minimum absolute atomic E-state index is 0.147. The van der Waals surface area contributed by atoms with Crippen molar-refractivity contribution >= 4 is 34.2 Å². The van der Waals surface area contributed by atoms with E-state index in [4.69, 9.17) is 10.00 Å². The summed E-state index contributed by atoms with van der Waals surface area (Å²) in [5.41, 5.74) is 3.03. The van der Waals surface area contributed by atoms with Gasteiger partial charge in [0, 0.05) is 24.9 Å². The minimum Gasteiger partial charge on any atom is -0.494 e. The fourth-order valence-electron chi connectivity index (χ4n) is 3.73. The zero-order valence-corrected chi connectivity index (χ0v) is 19.1. The topological polar surface area (TPSA) is 129 Å². The van der Waals surface area contributed by atoms with Crippen molar-refractivity contribution in [2.75, 3.05) is 17.7 Å². The van der Waals surface area contributed by atoms with Crippen LogP contribution in [0.3, 0.4) is 0 Å². The highest BCUT2D eigenvalue weighted by molar-refractivity contribution is 5.92. The van der Waals surface area contributed by atoms with Gasteiger partial charge in [0.1, 0.15) is 28.9 Å². The number of pyridine rings is 2. The lowest BCUT2D eigenvalue weighted by Crippen LogP contribution is -2.01. The molecule has 0 aliphatic rings. The second-order valence-corrected chi connectivity index (χ2v) is 7.71. The summed E-state index contributed by atoms with van der Waals surface area (Å²) in [4.78, 5) is 15.2. The fraction of sp³-hybridized carbons (Fsp3) is 0.125. The molecule has 4 heterocycles. The Bertz CT molecular complexity index is 1600. The van der Waals surface area contributed by atoms with Crippen molar-refractivity contribution in [3.8, 4) is 23.1 Å². The molecule has 5 aromatic rings. The molecule has 180 valence electrons. The van der Waals surface area contributed by atoms with Crippen molar-refractivity contribution in [3.63, 3.8) is 0 Å². The van der Waals surface area contributed by atoms with Crippen LogP contribution in [0.1, 0.15) is 17.9 Å². The Morgan fingerprint density at radius 1 is 1.03 bits per heavy atom. The van der Waals surface area contributed by atoms with Gasteiger partial charge in [-0.2, -0.15) is 10.4 Å². The Hall–Kier alpha value is -5.05. The van der Waals surface area contributed by atoms with E-state index in [0.717, 1.165) is 5.56 Å². The lowest BCUT2D eigenvalue weighted by molar-refractivity contribution is 0.142. The predicted molar refractivity (Wildman–Crippen MR) is 130 cm³/mol. The molecule has 0 saturated carbocycles. The standard InChI is InChI=1S/C24H19F2N9O/c1-35-10-9-15(34-35)14-6-4-7-16(21(14)36-2)29-17-11-19(30-18-8-3-5-13(12-27)28-18)31-23-20(17)32-24(33-23)22(25)26/h3-11,22H,1-2H3,(H3,28,29,30,31,32,33). The summed E-state index contributed by atoms with van der Waals surface area (Å²) in [6.45, 7) is 0. The molecule has 36 heavy (non-hydrogen) atoms. The highest BCUT2D eigenvalue weighted by atomic mass is 19.3. The summed E-state index contributed by atoms with van der Waals surface area (Å²) in [7, 11) is 3.36. The molecule has 0 radical (unpaired) electrons. The number of H-pyrrole nitrogens is 1. The van der Waals surface area contributed by atoms with Gasteiger partial charge in [-0.3, -0.25) is 4.68 Å². The number of nitrogens with zero attached hydrogens (tertiary/aromatic N) is 6. The Morgan fingerprint density at radius 3 is 2.58 bits per heavy atom. The molecule has 4 aromatic heterocycles. The monoisotopic (exact) mass is 487 g/mol. The number of para-hydroxylation sites is 1. The number of aromatic amines is 1. The van der Waals surface area contributed by atoms with E-state index in [0.29, 0.717) is 34.5 Å². The highest BCUT2D eigenvalue weighted by Crippen LogP contribution is 2.39. The number of halogens is 2. The third-order valence-electron chi connectivity index (χ3n) is 5.28. The summed E-state index contributed by atoms with van der Waals surface area (Å²) >= 11 is 0. The zero-order chi connectivity index (χ0) is 25.2. The molecular formula is C24H19F2N9O. The van der Waals surface area contributed by atoms with E-state index < -0.39 is 12.2 Å². The number of imidazole rings is 1. The Morgan fingerprint density at radius 2 is 1.86 bits per heavy atom. The molecule has 0 amide bonds. The molecule has 12 heteroatoms. The molecular weight excluding hydrogens is 468 g/mol. The second kappa shape index (κ2) is 9.30. The van der Waals surface area contributed by atoms with Gasteiger partial charge in [-0.05, 0) is 30.3 Å². The van der Waals surface area contributed by atoms with Crippen molar-refractivity contribution in [3.05, 3.63) is 66.2 Å². The maximum Gasteiger partial charge on any atom is 0.295 e. The molecule has 0 unspecified atom stereocenters.